The van der Waals surface area contributed by atoms with E-state index in [9.17, 15) is 24.6 Å². The molecule has 9 heteroatoms. The highest BCUT2D eigenvalue weighted by atomic mass is 79.9. The number of aryl methyl sites for hydroxylation is 2. The van der Waals surface area contributed by atoms with E-state index in [1.807, 2.05) is 32.0 Å². The number of amides is 2. The van der Waals surface area contributed by atoms with Crippen molar-refractivity contribution in [2.75, 3.05) is 24.6 Å². The monoisotopic (exact) mass is 522 g/mol. The Bertz CT molecular complexity index is 987. The smallest absolute Gasteiger partial charge is 0.308 e. The van der Waals surface area contributed by atoms with Crippen LogP contribution in [0.3, 0.4) is 0 Å². The molecular formula is C23H27BrN2O5S. The highest BCUT2D eigenvalue weighted by molar-refractivity contribution is 9.09. The second-order valence-electron chi connectivity index (χ2n) is 8.78. The van der Waals surface area contributed by atoms with Gasteiger partial charge >= 0.3 is 5.97 Å². The number of nitrogens with zero attached hydrogens (tertiary/aromatic N) is 2. The predicted octanol–water partition coefficient (Wildman–Crippen LogP) is 2.36. The molecule has 172 valence electrons. The van der Waals surface area contributed by atoms with Crippen molar-refractivity contribution < 1.29 is 24.6 Å². The maximum Gasteiger partial charge on any atom is 0.308 e. The minimum Gasteiger partial charge on any atom is -0.481 e. The van der Waals surface area contributed by atoms with E-state index in [2.05, 4.69) is 22.5 Å². The first kappa shape index (κ1) is 23.3. The molecule has 0 radical (unpaired) electrons. The molecule has 3 saturated heterocycles. The minimum atomic E-state index is -1.01. The zero-order chi connectivity index (χ0) is 23.4. The third kappa shape index (κ3) is 3.31. The van der Waals surface area contributed by atoms with E-state index < -0.39 is 28.6 Å². The lowest BCUT2D eigenvalue weighted by molar-refractivity contribution is -0.148. The molecule has 32 heavy (non-hydrogen) atoms. The van der Waals surface area contributed by atoms with Gasteiger partial charge in [0.25, 0.3) is 5.91 Å². The SMILES string of the molecule is C=CCN(C(=O)C1N(CCO)C(=O)[C@@H]2[C@H](C(=O)O)[C@H]3SC12CC3Br)c1cc(C)ccc1C. The highest BCUT2D eigenvalue weighted by Gasteiger charge is 2.76. The van der Waals surface area contributed by atoms with Crippen molar-refractivity contribution in [3.8, 4) is 0 Å². The molecule has 1 aromatic rings. The lowest BCUT2D eigenvalue weighted by atomic mass is 9.71. The molecule has 3 unspecified atom stereocenters. The molecular weight excluding hydrogens is 496 g/mol. The molecule has 3 aliphatic rings. The lowest BCUT2D eigenvalue weighted by Crippen LogP contribution is -2.56. The number of alkyl halides is 1. The van der Waals surface area contributed by atoms with Gasteiger partial charge in [0, 0.05) is 28.9 Å². The number of aliphatic hydroxyl groups is 1. The first-order chi connectivity index (χ1) is 15.2. The second kappa shape index (κ2) is 8.50. The van der Waals surface area contributed by atoms with Gasteiger partial charge in [-0.05, 0) is 37.5 Å². The van der Waals surface area contributed by atoms with Crippen LogP contribution < -0.4 is 4.90 Å². The molecule has 1 spiro atoms. The Morgan fingerprint density at radius 1 is 1.41 bits per heavy atom. The van der Waals surface area contributed by atoms with Gasteiger partial charge in [-0.3, -0.25) is 14.4 Å². The van der Waals surface area contributed by atoms with Crippen LogP contribution in [0.1, 0.15) is 17.5 Å². The number of aliphatic hydroxyl groups excluding tert-OH is 1. The van der Waals surface area contributed by atoms with Crippen LogP contribution in [-0.2, 0) is 14.4 Å². The zero-order valence-electron chi connectivity index (χ0n) is 18.0. The number of thioether (sulfide) groups is 1. The van der Waals surface area contributed by atoms with Gasteiger partial charge in [0.05, 0.1) is 23.2 Å². The number of carbonyl (C=O) groups is 3. The summed E-state index contributed by atoms with van der Waals surface area (Å²) in [6.07, 6.45) is 2.17. The number of fused-ring (bicyclic) bond motifs is 1. The minimum absolute atomic E-state index is 0.00721. The second-order valence-corrected chi connectivity index (χ2v) is 11.5. The summed E-state index contributed by atoms with van der Waals surface area (Å²) < 4.78 is -0.845. The molecule has 1 aromatic carbocycles. The molecule has 0 aliphatic carbocycles. The van der Waals surface area contributed by atoms with Crippen LogP contribution >= 0.6 is 27.7 Å². The Morgan fingerprint density at radius 3 is 2.75 bits per heavy atom. The number of aliphatic carboxylic acids is 1. The number of carbonyl (C=O) groups excluding carboxylic acids is 2. The summed E-state index contributed by atoms with van der Waals surface area (Å²) in [6.45, 7) is 7.64. The van der Waals surface area contributed by atoms with Gasteiger partial charge in [-0.2, -0.15) is 0 Å². The number of anilines is 1. The number of rotatable bonds is 7. The maximum atomic E-state index is 14.2. The van der Waals surface area contributed by atoms with Crippen molar-refractivity contribution in [3.63, 3.8) is 0 Å². The van der Waals surface area contributed by atoms with Gasteiger partial charge in [0.2, 0.25) is 5.91 Å². The van der Waals surface area contributed by atoms with E-state index >= 15 is 0 Å². The van der Waals surface area contributed by atoms with Gasteiger partial charge in [-0.25, -0.2) is 0 Å². The maximum absolute atomic E-state index is 14.2. The summed E-state index contributed by atoms with van der Waals surface area (Å²) in [5, 5.41) is 19.3. The molecule has 3 heterocycles. The van der Waals surface area contributed by atoms with Crippen LogP contribution in [0.2, 0.25) is 0 Å². The molecule has 0 saturated carbocycles. The van der Waals surface area contributed by atoms with Crippen molar-refractivity contribution in [2.24, 2.45) is 11.8 Å². The summed E-state index contributed by atoms with van der Waals surface area (Å²) in [7, 11) is 0. The molecule has 2 N–H and O–H groups in total. The predicted molar refractivity (Wildman–Crippen MR) is 127 cm³/mol. The number of benzene rings is 1. The summed E-state index contributed by atoms with van der Waals surface area (Å²) in [4.78, 5) is 42.7. The van der Waals surface area contributed by atoms with Crippen LogP contribution in [0.5, 0.6) is 0 Å². The largest absolute Gasteiger partial charge is 0.481 e. The van der Waals surface area contributed by atoms with E-state index in [0.29, 0.717) is 6.42 Å². The lowest BCUT2D eigenvalue weighted by Gasteiger charge is -2.38. The quantitative estimate of drug-likeness (QED) is 0.421. The summed E-state index contributed by atoms with van der Waals surface area (Å²) >= 11 is 5.08. The van der Waals surface area contributed by atoms with E-state index in [0.717, 1.165) is 16.8 Å². The van der Waals surface area contributed by atoms with Crippen molar-refractivity contribution >= 4 is 51.2 Å². The highest BCUT2D eigenvalue weighted by Crippen LogP contribution is 2.67. The van der Waals surface area contributed by atoms with Gasteiger partial charge in [0.1, 0.15) is 6.04 Å². The zero-order valence-corrected chi connectivity index (χ0v) is 20.4. The summed E-state index contributed by atoms with van der Waals surface area (Å²) in [5.74, 6) is -3.27. The van der Waals surface area contributed by atoms with Gasteiger partial charge in [0.15, 0.2) is 0 Å². The fourth-order valence-corrected chi connectivity index (χ4v) is 9.23. The standard InChI is InChI=1S/C23H27BrN2O5S/c1-4-7-25(15-10-12(2)5-6-13(15)3)21(29)19-23-11-14(24)18(32-23)16(22(30)31)17(23)20(28)26(19)8-9-27/h4-6,10,14,16-19,27H,1,7-9,11H2,2-3H3,(H,30,31)/t14?,16-,17-,18-,19?,23?/m0/s1. The van der Waals surface area contributed by atoms with Crippen molar-refractivity contribution in [1.29, 1.82) is 0 Å². The average molecular weight is 523 g/mol. The third-order valence-corrected chi connectivity index (χ3v) is 10.1. The van der Waals surface area contributed by atoms with Crippen molar-refractivity contribution in [2.45, 2.75) is 41.1 Å². The molecule has 2 bridgehead atoms. The molecule has 0 aromatic heterocycles. The molecule has 7 nitrogen and oxygen atoms in total. The van der Waals surface area contributed by atoms with Crippen molar-refractivity contribution in [3.05, 3.63) is 42.0 Å². The first-order valence-corrected chi connectivity index (χ1v) is 12.4. The van der Waals surface area contributed by atoms with Gasteiger partial charge < -0.3 is 20.0 Å². The number of β-amino-alcohol motifs (C(OH)–C–C–N with tert-alkyl or cyclic N) is 1. The van der Waals surface area contributed by atoms with Crippen LogP contribution in [-0.4, -0.2) is 73.5 Å². The normalized spacial score (nSPS) is 32.8. The topological polar surface area (TPSA) is 98.2 Å². The van der Waals surface area contributed by atoms with E-state index in [4.69, 9.17) is 0 Å². The molecule has 3 fully saturated rings. The Balaban J connectivity index is 1.83. The number of carboxylic acid groups (broad SMARTS) is 1. The average Bonchev–Trinajstić information content (AvgIpc) is 3.32. The molecule has 4 rings (SSSR count). The summed E-state index contributed by atoms with van der Waals surface area (Å²) in [5.41, 5.74) is 2.66. The Labute approximate surface area is 200 Å². The van der Waals surface area contributed by atoms with Crippen LogP contribution in [0.25, 0.3) is 0 Å². The molecule has 2 amide bonds. The van der Waals surface area contributed by atoms with E-state index in [-0.39, 0.29) is 41.6 Å². The number of carboxylic acids is 1. The fourth-order valence-electron chi connectivity index (χ4n) is 5.63. The fraction of sp³-hybridized carbons (Fsp3) is 0.522. The Morgan fingerprint density at radius 2 is 2.12 bits per heavy atom. The van der Waals surface area contributed by atoms with Crippen molar-refractivity contribution in [1.82, 2.24) is 4.90 Å². The Kier molecular flexibility index (Phi) is 6.19. The van der Waals surface area contributed by atoms with Crippen LogP contribution in [0, 0.1) is 25.7 Å². The summed E-state index contributed by atoms with van der Waals surface area (Å²) in [6, 6.07) is 5.01. The van der Waals surface area contributed by atoms with E-state index in [1.165, 1.54) is 16.7 Å². The number of halogens is 1. The van der Waals surface area contributed by atoms with Gasteiger partial charge in [-0.1, -0.05) is 34.1 Å². The Hall–Kier alpha value is -1.84. The molecule has 3 aliphatic heterocycles. The van der Waals surface area contributed by atoms with Crippen LogP contribution in [0.4, 0.5) is 5.69 Å². The number of hydrogen-bond acceptors (Lipinski definition) is 5. The van der Waals surface area contributed by atoms with Gasteiger partial charge in [-0.15, -0.1) is 18.3 Å². The molecule has 6 atom stereocenters. The van der Waals surface area contributed by atoms with Crippen LogP contribution in [0.15, 0.2) is 30.9 Å². The number of hydrogen-bond donors (Lipinski definition) is 2. The van der Waals surface area contributed by atoms with E-state index in [1.54, 1.807) is 11.0 Å². The number of likely N-dealkylation sites (tertiary alicyclic amines) is 1. The third-order valence-electron chi connectivity index (χ3n) is 6.88. The first-order valence-electron chi connectivity index (χ1n) is 10.6.